The van der Waals surface area contributed by atoms with Crippen LogP contribution in [0.1, 0.15) is 296 Å². The van der Waals surface area contributed by atoms with Crippen molar-refractivity contribution in [1.29, 1.82) is 0 Å². The normalized spacial score (nSPS) is 14.7. The maximum Gasteiger partial charge on any atom is 0.222 e. The lowest BCUT2D eigenvalue weighted by Gasteiger charge is -2.27. The van der Waals surface area contributed by atoms with Crippen molar-refractivity contribution in [2.75, 3.05) is 26.2 Å². The highest BCUT2D eigenvalue weighted by atomic mass is 16.2. The molecule has 0 spiro atoms. The first-order chi connectivity index (χ1) is 50.3. The molecular weight excluding hydrogens is 1360 g/mol. The van der Waals surface area contributed by atoms with E-state index in [1.807, 2.05) is 96.9 Å². The van der Waals surface area contributed by atoms with Gasteiger partial charge in [0.25, 0.3) is 0 Å². The molecular formula is C79H152N16O12. The Morgan fingerprint density at radius 1 is 0.215 bits per heavy atom. The second-order valence-corrected chi connectivity index (χ2v) is 33.3. The number of hydrogen-bond donors (Lipinski definition) is 16. The fraction of sp³-hybridized carbons (Fsp3) is 0.848. The van der Waals surface area contributed by atoms with Gasteiger partial charge in [0.15, 0.2) is 0 Å². The quantitative estimate of drug-likeness (QED) is 0.0313. The average molecular weight is 1520 g/mol. The van der Waals surface area contributed by atoms with Crippen LogP contribution in [0, 0.1) is 41.4 Å². The highest BCUT2D eigenvalue weighted by Crippen LogP contribution is 2.20. The van der Waals surface area contributed by atoms with Crippen molar-refractivity contribution in [3.8, 4) is 0 Å². The lowest BCUT2D eigenvalue weighted by Crippen LogP contribution is -2.48. The Morgan fingerprint density at radius 3 is 0.495 bits per heavy atom. The van der Waals surface area contributed by atoms with E-state index in [0.717, 1.165) is 0 Å². The summed E-state index contributed by atoms with van der Waals surface area (Å²) in [7, 11) is 0. The molecule has 0 aromatic carbocycles. The molecule has 107 heavy (non-hydrogen) atoms. The molecule has 0 aliphatic carbocycles. The topological polar surface area (TPSA) is 467 Å². The molecule has 0 saturated heterocycles. The molecule has 0 aliphatic heterocycles. The number of hydrogen-bond acceptors (Lipinski definition) is 16. The van der Waals surface area contributed by atoms with Gasteiger partial charge in [-0.1, -0.05) is 123 Å². The summed E-state index contributed by atoms with van der Waals surface area (Å²) >= 11 is 0. The number of carbonyl (C=O) groups is 12. The Hall–Kier alpha value is -6.52. The lowest BCUT2D eigenvalue weighted by molar-refractivity contribution is -0.128. The lowest BCUT2D eigenvalue weighted by atomic mass is 9.97. The summed E-state index contributed by atoms with van der Waals surface area (Å²) in [6.45, 7) is 31.0. The summed E-state index contributed by atoms with van der Waals surface area (Å²) in [4.78, 5) is 162. The molecule has 0 bridgehead atoms. The molecule has 0 unspecified atom stereocenters. The van der Waals surface area contributed by atoms with E-state index in [-0.39, 0.29) is 183 Å². The minimum atomic E-state index is -0.609. The molecule has 0 fully saturated rings. The molecule has 0 aliphatic rings. The van der Waals surface area contributed by atoms with Crippen LogP contribution in [0.2, 0.25) is 0 Å². The molecule has 620 valence electrons. The van der Waals surface area contributed by atoms with Gasteiger partial charge in [-0.2, -0.15) is 0 Å². The Morgan fingerprint density at radius 2 is 0.355 bits per heavy atom. The molecule has 0 aromatic heterocycles. The number of primary amides is 1. The van der Waals surface area contributed by atoms with E-state index < -0.39 is 66.3 Å². The highest BCUT2D eigenvalue weighted by Gasteiger charge is 2.31. The maximum absolute atomic E-state index is 14.1. The van der Waals surface area contributed by atoms with Crippen LogP contribution in [-0.2, 0) is 57.5 Å². The maximum atomic E-state index is 14.1. The van der Waals surface area contributed by atoms with Gasteiger partial charge in [-0.25, -0.2) is 0 Å². The van der Waals surface area contributed by atoms with Crippen LogP contribution in [0.25, 0.3) is 0 Å². The standard InChI is InChI=1S/C79H152N16O12/c1-50(2)32-62(39-69(84)97)90-70(98)40-58(24-16-20-28-80)87-76(104)46-65(35-53(7)8)94-79(107)49-68(38-56(13)14)93-73(101)43-61(27-19-23-31-83)88-75(103)45-64(34-52(5)6)91-71(99)42-60(26-18-22-30-82)89-77(105)47-66(36-54(9)10)95-78(106)48-67(37-55(11)12)92-72(100)41-59(25-17-21-29-81)86-74(102)44-63(33-51(3)4)85-57(15)96/h50-56,58-68H,16-49,80-83H2,1-15H3,(H2,84,97)(H,85,96)(H,86,102)(H,87,104)(H,88,103)(H,89,105)(H,90,98)(H,91,99)(H,92,100)(H,93,101)(H,94,107)(H,95,106)/t58-,59-,60-,61-,62-,63-,64-,65-,66-,67-,68-/m0/s1. The van der Waals surface area contributed by atoms with E-state index in [4.69, 9.17) is 28.7 Å². The average Bonchev–Trinajstić information content (AvgIpc) is 0.883. The van der Waals surface area contributed by atoms with Crippen LogP contribution in [0.4, 0.5) is 0 Å². The summed E-state index contributed by atoms with van der Waals surface area (Å²) in [6.07, 6.45) is 10.2. The monoisotopic (exact) mass is 1520 g/mol. The summed E-state index contributed by atoms with van der Waals surface area (Å²) in [6, 6.07) is -5.92. The zero-order valence-electron chi connectivity index (χ0n) is 68.7. The van der Waals surface area contributed by atoms with Gasteiger partial charge in [0.1, 0.15) is 0 Å². The van der Waals surface area contributed by atoms with E-state index in [1.54, 1.807) is 0 Å². The molecule has 28 heteroatoms. The second-order valence-electron chi connectivity index (χ2n) is 33.3. The van der Waals surface area contributed by atoms with Crippen LogP contribution in [-0.4, -0.2) is 164 Å². The predicted octanol–water partition coefficient (Wildman–Crippen LogP) is 5.95. The molecule has 0 heterocycles. The fourth-order valence-corrected chi connectivity index (χ4v) is 14.0. The molecule has 21 N–H and O–H groups in total. The molecule has 0 aromatic rings. The largest absolute Gasteiger partial charge is 0.370 e. The van der Waals surface area contributed by atoms with Crippen molar-refractivity contribution >= 4 is 70.9 Å². The van der Waals surface area contributed by atoms with Gasteiger partial charge in [0.2, 0.25) is 70.9 Å². The Kier molecular flexibility index (Phi) is 54.9. The SMILES string of the molecule is CC(=O)N[C@H](CC(=O)N[C@@H](CCCCN)CC(=O)N[C@H](CC(=O)N[C@H](CC(=O)N[C@@H](CCCCN)CC(=O)N[C@H](CC(=O)N[C@@H](CCCCN)CC(=O)N[C@H](CC(=O)N[C@H](CC(=O)N[C@@H](CCCCN)CC(=O)N[C@H](CC(N)=O)CC(C)C)CC(C)C)CC(C)C)CC(C)C)CC(C)C)CC(C)C)CC(C)C. The van der Waals surface area contributed by atoms with E-state index >= 15 is 0 Å². The minimum Gasteiger partial charge on any atom is -0.370 e. The third-order valence-corrected chi connectivity index (χ3v) is 18.1. The van der Waals surface area contributed by atoms with Gasteiger partial charge >= 0.3 is 0 Å². The third kappa shape index (κ3) is 56.4. The van der Waals surface area contributed by atoms with Crippen molar-refractivity contribution in [2.45, 2.75) is 363 Å². The Bertz CT molecular complexity index is 2430. The van der Waals surface area contributed by atoms with Crippen LogP contribution in [0.15, 0.2) is 0 Å². The van der Waals surface area contributed by atoms with Gasteiger partial charge in [-0.05, 0) is 164 Å². The number of unbranched alkanes of at least 4 members (excludes halogenated alkanes) is 4. The molecule has 0 rings (SSSR count). The number of nitrogens with one attached hydrogen (secondary N) is 11. The van der Waals surface area contributed by atoms with Crippen molar-refractivity contribution in [2.24, 2.45) is 70.1 Å². The number of amides is 12. The number of carbonyl (C=O) groups excluding carboxylic acids is 12. The van der Waals surface area contributed by atoms with Crippen molar-refractivity contribution in [3.63, 3.8) is 0 Å². The van der Waals surface area contributed by atoms with Crippen LogP contribution in [0.5, 0.6) is 0 Å². The Labute approximate surface area is 643 Å². The van der Waals surface area contributed by atoms with Gasteiger partial charge in [0, 0.05) is 144 Å². The summed E-state index contributed by atoms with van der Waals surface area (Å²) in [5, 5.41) is 33.3. The zero-order valence-corrected chi connectivity index (χ0v) is 68.7. The summed E-state index contributed by atoms with van der Waals surface area (Å²) in [5.41, 5.74) is 28.9. The number of rotatable bonds is 63. The van der Waals surface area contributed by atoms with Crippen molar-refractivity contribution in [3.05, 3.63) is 0 Å². The van der Waals surface area contributed by atoms with E-state index in [2.05, 4.69) is 58.5 Å². The first-order valence-electron chi connectivity index (χ1n) is 40.6. The second kappa shape index (κ2) is 58.4. The zero-order chi connectivity index (χ0) is 81.1. The molecule has 28 nitrogen and oxygen atoms in total. The van der Waals surface area contributed by atoms with E-state index in [1.165, 1.54) is 6.92 Å². The summed E-state index contributed by atoms with van der Waals surface area (Å²) < 4.78 is 0. The fourth-order valence-electron chi connectivity index (χ4n) is 14.0. The van der Waals surface area contributed by atoms with Crippen molar-refractivity contribution in [1.82, 2.24) is 58.5 Å². The van der Waals surface area contributed by atoms with Crippen molar-refractivity contribution < 1.29 is 57.5 Å². The smallest absolute Gasteiger partial charge is 0.222 e. The number of nitrogens with two attached hydrogens (primary N) is 5. The van der Waals surface area contributed by atoms with E-state index in [9.17, 15) is 57.5 Å². The van der Waals surface area contributed by atoms with Crippen LogP contribution < -0.4 is 87.2 Å². The Balaban J connectivity index is 6.34. The van der Waals surface area contributed by atoms with E-state index in [0.29, 0.717) is 148 Å². The van der Waals surface area contributed by atoms with Crippen LogP contribution >= 0.6 is 0 Å². The highest BCUT2D eigenvalue weighted by molar-refractivity contribution is 5.86. The summed E-state index contributed by atoms with van der Waals surface area (Å²) in [5.74, 6) is -3.32. The minimum absolute atomic E-state index is 0.00180. The first kappa shape index (κ1) is 100. The molecule has 11 atom stereocenters. The van der Waals surface area contributed by atoms with Gasteiger partial charge in [-0.15, -0.1) is 0 Å². The predicted molar refractivity (Wildman–Crippen MR) is 425 cm³/mol. The molecule has 0 radical (unpaired) electrons. The van der Waals surface area contributed by atoms with Gasteiger partial charge < -0.3 is 87.2 Å². The van der Waals surface area contributed by atoms with Gasteiger partial charge in [-0.3, -0.25) is 57.5 Å². The van der Waals surface area contributed by atoms with Gasteiger partial charge in [0.05, 0.1) is 0 Å². The van der Waals surface area contributed by atoms with Crippen LogP contribution in [0.3, 0.4) is 0 Å². The third-order valence-electron chi connectivity index (χ3n) is 18.1. The molecule has 0 saturated carbocycles. The first-order valence-corrected chi connectivity index (χ1v) is 40.6. The molecule has 12 amide bonds.